The summed E-state index contributed by atoms with van der Waals surface area (Å²) in [5, 5.41) is 13.1. The van der Waals surface area contributed by atoms with Crippen LogP contribution in [0, 0.1) is 0 Å². The highest BCUT2D eigenvalue weighted by molar-refractivity contribution is 5.93. The summed E-state index contributed by atoms with van der Waals surface area (Å²) in [6, 6.07) is 8.18. The third kappa shape index (κ3) is 5.27. The van der Waals surface area contributed by atoms with Crippen molar-refractivity contribution in [1.82, 2.24) is 34.6 Å². The number of H-pyrrole nitrogens is 1. The molecule has 2 saturated heterocycles. The van der Waals surface area contributed by atoms with E-state index in [9.17, 15) is 9.59 Å². The maximum absolute atomic E-state index is 12.5. The lowest BCUT2D eigenvalue weighted by molar-refractivity contribution is -0.134. The van der Waals surface area contributed by atoms with Crippen LogP contribution < -0.4 is 4.90 Å². The van der Waals surface area contributed by atoms with Gasteiger partial charge in [-0.1, -0.05) is 18.7 Å². The topological polar surface area (TPSA) is 112 Å². The first-order valence-corrected chi connectivity index (χ1v) is 13.4. The predicted molar refractivity (Wildman–Crippen MR) is 147 cm³/mol. The number of anilines is 1. The average molecular weight is 529 g/mol. The lowest BCUT2D eigenvalue weighted by Crippen LogP contribution is -2.48. The molecule has 0 radical (unpaired) electrons. The number of aromatic amines is 1. The molecule has 0 unspecified atom stereocenters. The molecule has 202 valence electrons. The number of allylic oxidation sites excluding steroid dienone is 1. The highest BCUT2D eigenvalue weighted by Crippen LogP contribution is 2.29. The zero-order valence-corrected chi connectivity index (χ0v) is 21.9. The molecular formula is C28H32N8O3. The Morgan fingerprint density at radius 1 is 1.08 bits per heavy atom. The first-order valence-electron chi connectivity index (χ1n) is 13.4. The summed E-state index contributed by atoms with van der Waals surface area (Å²) in [7, 11) is 0. The van der Waals surface area contributed by atoms with E-state index in [-0.39, 0.29) is 24.5 Å². The van der Waals surface area contributed by atoms with E-state index in [0.717, 1.165) is 66.1 Å². The van der Waals surface area contributed by atoms with Crippen LogP contribution in [0.2, 0.25) is 0 Å². The zero-order valence-electron chi connectivity index (χ0n) is 21.9. The summed E-state index contributed by atoms with van der Waals surface area (Å²) in [5.74, 6) is 1.50. The number of carbonyl (C=O) groups is 2. The molecule has 0 atom stereocenters. The van der Waals surface area contributed by atoms with E-state index in [1.807, 2.05) is 33.8 Å². The highest BCUT2D eigenvalue weighted by atomic mass is 16.5. The summed E-state index contributed by atoms with van der Waals surface area (Å²) in [5.41, 5.74) is 4.00. The predicted octanol–water partition coefficient (Wildman–Crippen LogP) is 2.29. The monoisotopic (exact) mass is 528 g/mol. The fourth-order valence-corrected chi connectivity index (χ4v) is 5.31. The van der Waals surface area contributed by atoms with E-state index < -0.39 is 0 Å². The van der Waals surface area contributed by atoms with Crippen LogP contribution >= 0.6 is 0 Å². The fraction of sp³-hybridized carbons (Fsp3) is 0.393. The number of hydrogen-bond donors (Lipinski definition) is 1. The molecule has 39 heavy (non-hydrogen) atoms. The minimum absolute atomic E-state index is 0.0325. The van der Waals surface area contributed by atoms with E-state index in [4.69, 9.17) is 14.8 Å². The Balaban J connectivity index is 1.23. The molecule has 2 aliphatic rings. The Hall–Kier alpha value is -4.09. The second-order valence-electron chi connectivity index (χ2n) is 10.0. The van der Waals surface area contributed by atoms with Crippen LogP contribution in [0.15, 0.2) is 49.3 Å². The number of amides is 1. The molecule has 1 N–H and O–H groups in total. The Kier molecular flexibility index (Phi) is 7.08. The largest absolute Gasteiger partial charge is 0.378 e. The van der Waals surface area contributed by atoms with Crippen molar-refractivity contribution >= 4 is 33.9 Å². The Labute approximate surface area is 226 Å². The molecule has 0 aliphatic carbocycles. The van der Waals surface area contributed by atoms with Crippen molar-refractivity contribution in [2.75, 3.05) is 57.4 Å². The van der Waals surface area contributed by atoms with E-state index in [0.29, 0.717) is 32.1 Å². The van der Waals surface area contributed by atoms with Crippen molar-refractivity contribution in [1.29, 1.82) is 0 Å². The van der Waals surface area contributed by atoms with Crippen LogP contribution in [0.25, 0.3) is 27.8 Å². The minimum atomic E-state index is -0.0908. The molecule has 0 bridgehead atoms. The van der Waals surface area contributed by atoms with Gasteiger partial charge in [0.15, 0.2) is 17.4 Å². The highest BCUT2D eigenvalue weighted by Gasteiger charge is 2.24. The molecule has 6 rings (SSSR count). The molecular weight excluding hydrogens is 496 g/mol. The molecule has 11 nitrogen and oxygen atoms in total. The van der Waals surface area contributed by atoms with Crippen LogP contribution in [0.4, 0.5) is 5.82 Å². The molecule has 2 fully saturated rings. The average Bonchev–Trinajstić information content (AvgIpc) is 3.62. The third-order valence-electron chi connectivity index (χ3n) is 7.48. The van der Waals surface area contributed by atoms with Gasteiger partial charge < -0.3 is 14.5 Å². The van der Waals surface area contributed by atoms with E-state index in [1.165, 1.54) is 6.08 Å². The number of rotatable bonds is 8. The molecule has 2 aliphatic heterocycles. The Bertz CT molecular complexity index is 1510. The second kappa shape index (κ2) is 11.0. The van der Waals surface area contributed by atoms with Crippen LogP contribution in [0.1, 0.15) is 18.4 Å². The van der Waals surface area contributed by atoms with Gasteiger partial charge in [-0.3, -0.25) is 19.6 Å². The van der Waals surface area contributed by atoms with Crippen LogP contribution in [-0.2, 0) is 20.9 Å². The molecule has 1 aromatic carbocycles. The van der Waals surface area contributed by atoms with Gasteiger partial charge in [0.1, 0.15) is 5.52 Å². The van der Waals surface area contributed by atoms with Gasteiger partial charge in [-0.2, -0.15) is 5.10 Å². The second-order valence-corrected chi connectivity index (χ2v) is 10.0. The Morgan fingerprint density at radius 2 is 1.90 bits per heavy atom. The molecule has 4 aromatic rings. The summed E-state index contributed by atoms with van der Waals surface area (Å²) in [4.78, 5) is 35.5. The quantitative estimate of drug-likeness (QED) is 0.347. The number of piperazine rings is 1. The summed E-state index contributed by atoms with van der Waals surface area (Å²) in [6.07, 6.45) is 5.65. The van der Waals surface area contributed by atoms with Crippen molar-refractivity contribution in [2.24, 2.45) is 0 Å². The van der Waals surface area contributed by atoms with Crippen molar-refractivity contribution in [2.45, 2.75) is 19.4 Å². The molecule has 0 spiro atoms. The van der Waals surface area contributed by atoms with Crippen LogP contribution in [-0.4, -0.2) is 98.8 Å². The third-order valence-corrected chi connectivity index (χ3v) is 7.48. The van der Waals surface area contributed by atoms with Gasteiger partial charge in [0.2, 0.25) is 5.91 Å². The number of benzene rings is 1. The molecule has 3 aromatic heterocycles. The molecule has 1 amide bonds. The van der Waals surface area contributed by atoms with Crippen LogP contribution in [0.5, 0.6) is 0 Å². The van der Waals surface area contributed by atoms with Crippen LogP contribution in [0.3, 0.4) is 0 Å². The minimum Gasteiger partial charge on any atom is -0.378 e. The first kappa shape index (κ1) is 25.2. The van der Waals surface area contributed by atoms with Gasteiger partial charge in [0, 0.05) is 75.8 Å². The first-order chi connectivity index (χ1) is 19.1. The number of ketones is 1. The number of fused-ring (bicyclic) bond motifs is 2. The number of nitrogens with zero attached hydrogens (tertiary/aromatic N) is 7. The van der Waals surface area contributed by atoms with E-state index in [1.54, 1.807) is 0 Å². The van der Waals surface area contributed by atoms with E-state index in [2.05, 4.69) is 38.8 Å². The maximum Gasteiger partial charge on any atom is 0.223 e. The van der Waals surface area contributed by atoms with Crippen molar-refractivity contribution in [3.8, 4) is 11.4 Å². The summed E-state index contributed by atoms with van der Waals surface area (Å²) >= 11 is 0. The van der Waals surface area contributed by atoms with Crippen molar-refractivity contribution in [3.63, 3.8) is 0 Å². The SMILES string of the molecule is C=CC(=O)CCC(=O)N1CCN(Cc2cc3c(N4CCOCC4)nc(-c4cccc5[nH]ncc45)nn3c2)CC1. The van der Waals surface area contributed by atoms with Gasteiger partial charge in [-0.25, -0.2) is 9.50 Å². The van der Waals surface area contributed by atoms with Crippen molar-refractivity contribution < 1.29 is 14.3 Å². The number of aromatic nitrogens is 5. The number of carbonyl (C=O) groups excluding carboxylic acids is 2. The lowest BCUT2D eigenvalue weighted by atomic mass is 10.1. The van der Waals surface area contributed by atoms with Gasteiger partial charge in [-0.15, -0.1) is 5.10 Å². The Morgan fingerprint density at radius 3 is 2.69 bits per heavy atom. The van der Waals surface area contributed by atoms with E-state index >= 15 is 0 Å². The fourth-order valence-electron chi connectivity index (χ4n) is 5.31. The van der Waals surface area contributed by atoms with Crippen molar-refractivity contribution in [3.05, 3.63) is 54.9 Å². The summed E-state index contributed by atoms with van der Waals surface area (Å²) < 4.78 is 7.54. The standard InChI is InChI=1S/C28H32N8O3/c1-2-21(37)6-7-26(38)34-10-8-33(9-11-34)18-20-16-25-28(35-12-14-39-15-13-35)30-27(32-36(25)19-20)22-4-3-5-24-23(22)17-29-31-24/h2-5,16-17,19H,1,6-15,18H2,(H,29,31). The smallest absolute Gasteiger partial charge is 0.223 e. The number of ether oxygens (including phenoxy) is 1. The van der Waals surface area contributed by atoms with Gasteiger partial charge in [-0.05, 0) is 23.8 Å². The molecule has 0 saturated carbocycles. The van der Waals surface area contributed by atoms with Gasteiger partial charge >= 0.3 is 0 Å². The number of hydrogen-bond acceptors (Lipinski definition) is 8. The summed E-state index contributed by atoms with van der Waals surface area (Å²) in [6.45, 7) is 10.00. The normalized spacial score (nSPS) is 16.7. The number of nitrogens with one attached hydrogen (secondary N) is 1. The number of morpholine rings is 1. The lowest BCUT2D eigenvalue weighted by Gasteiger charge is -2.34. The van der Waals surface area contributed by atoms with Gasteiger partial charge in [0.05, 0.1) is 24.9 Å². The van der Waals surface area contributed by atoms with Gasteiger partial charge in [0.25, 0.3) is 0 Å². The molecule has 11 heteroatoms. The zero-order chi connectivity index (χ0) is 26.8. The molecule has 5 heterocycles. The maximum atomic E-state index is 12.5.